The Labute approximate surface area is 216 Å². The van der Waals surface area contributed by atoms with Gasteiger partial charge in [0, 0.05) is 12.2 Å². The van der Waals surface area contributed by atoms with Crippen LogP contribution in [0.25, 0.3) is 0 Å². The molecule has 188 valence electrons. The molecule has 8 heteroatoms. The molecule has 0 fully saturated rings. The third-order valence-electron chi connectivity index (χ3n) is 5.83. The summed E-state index contributed by atoms with van der Waals surface area (Å²) in [5, 5.41) is 5.67. The van der Waals surface area contributed by atoms with Gasteiger partial charge in [-0.1, -0.05) is 62.9 Å². The number of aliphatic imine (C=N–C) groups is 1. The van der Waals surface area contributed by atoms with Crippen LogP contribution in [0.2, 0.25) is 0 Å². The molecule has 2 aliphatic rings. The molecule has 1 atom stereocenters. The summed E-state index contributed by atoms with van der Waals surface area (Å²) in [6.07, 6.45) is 0.759. The minimum Gasteiger partial charge on any atom is -0.466 e. The van der Waals surface area contributed by atoms with E-state index in [1.165, 1.54) is 18.9 Å². The predicted molar refractivity (Wildman–Crippen MR) is 142 cm³/mol. The van der Waals surface area contributed by atoms with E-state index in [-0.39, 0.29) is 12.3 Å². The third-order valence-corrected chi connectivity index (χ3v) is 6.72. The summed E-state index contributed by atoms with van der Waals surface area (Å²) in [4.78, 5) is 32.6. The SMILES string of the molecule is CCC1=C(C(=O)OC)[C@H](c2cccc(Oc3ccccc3)c2)N2C(CC(=O)NCC(C)C)=CSC2=N1. The Balaban J connectivity index is 1.72. The maximum atomic E-state index is 13.1. The van der Waals surface area contributed by atoms with Gasteiger partial charge in [0.25, 0.3) is 0 Å². The van der Waals surface area contributed by atoms with Crippen molar-refractivity contribution >= 4 is 28.8 Å². The molecule has 2 aliphatic heterocycles. The van der Waals surface area contributed by atoms with Crippen molar-refractivity contribution in [2.45, 2.75) is 39.7 Å². The summed E-state index contributed by atoms with van der Waals surface area (Å²) in [5.74, 6) is 1.22. The molecule has 0 saturated carbocycles. The first-order valence-corrected chi connectivity index (χ1v) is 12.9. The number of ether oxygens (including phenoxy) is 2. The Morgan fingerprint density at radius 1 is 1.11 bits per heavy atom. The number of allylic oxidation sites excluding steroid dienone is 1. The molecular formula is C28H31N3O4S. The molecule has 0 aliphatic carbocycles. The number of hydrogen-bond donors (Lipinski definition) is 1. The van der Waals surface area contributed by atoms with Crippen LogP contribution in [0.15, 0.2) is 82.0 Å². The van der Waals surface area contributed by atoms with Crippen LogP contribution in [0.5, 0.6) is 11.5 Å². The number of amides is 1. The standard InChI is InChI=1S/C28H31N3O4S/c1-5-23-25(27(33)34-4)26(19-10-9-13-22(14-19)35-21-11-7-6-8-12-21)31-20(17-36-28(31)30-23)15-24(32)29-16-18(2)3/h6-14,17-18,26H,5,15-16H2,1-4H3,(H,29,32)/t26-/m0/s1. The summed E-state index contributed by atoms with van der Waals surface area (Å²) in [6.45, 7) is 6.69. The quantitative estimate of drug-likeness (QED) is 0.435. The number of methoxy groups -OCH3 is 1. The van der Waals surface area contributed by atoms with Crippen molar-refractivity contribution in [1.29, 1.82) is 0 Å². The van der Waals surface area contributed by atoms with E-state index in [1.807, 2.05) is 71.8 Å². The summed E-state index contributed by atoms with van der Waals surface area (Å²) in [6, 6.07) is 16.7. The van der Waals surface area contributed by atoms with Crippen molar-refractivity contribution in [3.63, 3.8) is 0 Å². The van der Waals surface area contributed by atoms with Crippen LogP contribution in [0, 0.1) is 5.92 Å². The Morgan fingerprint density at radius 3 is 2.56 bits per heavy atom. The molecule has 2 heterocycles. The molecule has 36 heavy (non-hydrogen) atoms. The number of carbonyl (C=O) groups is 2. The molecule has 0 saturated heterocycles. The first kappa shape index (κ1) is 25.6. The summed E-state index contributed by atoms with van der Waals surface area (Å²) in [7, 11) is 1.38. The van der Waals surface area contributed by atoms with Gasteiger partial charge in [0.2, 0.25) is 5.91 Å². The lowest BCUT2D eigenvalue weighted by Crippen LogP contribution is -2.38. The number of nitrogens with zero attached hydrogens (tertiary/aromatic N) is 2. The average molecular weight is 506 g/mol. The van der Waals surface area contributed by atoms with Crippen molar-refractivity contribution in [2.75, 3.05) is 13.7 Å². The fourth-order valence-electron chi connectivity index (χ4n) is 4.15. The Hall–Kier alpha value is -3.52. The van der Waals surface area contributed by atoms with Crippen LogP contribution < -0.4 is 10.1 Å². The largest absolute Gasteiger partial charge is 0.466 e. The van der Waals surface area contributed by atoms with E-state index in [0.29, 0.717) is 35.9 Å². The molecule has 2 aromatic carbocycles. The smallest absolute Gasteiger partial charge is 0.338 e. The number of carbonyl (C=O) groups excluding carboxylic acids is 2. The summed E-state index contributed by atoms with van der Waals surface area (Å²) < 4.78 is 11.3. The lowest BCUT2D eigenvalue weighted by molar-refractivity contribution is -0.136. The van der Waals surface area contributed by atoms with Gasteiger partial charge in [0.15, 0.2) is 5.17 Å². The Kier molecular flexibility index (Phi) is 8.15. The van der Waals surface area contributed by atoms with Crippen LogP contribution in [0.3, 0.4) is 0 Å². The second-order valence-electron chi connectivity index (χ2n) is 8.96. The van der Waals surface area contributed by atoms with E-state index in [0.717, 1.165) is 22.2 Å². The highest BCUT2D eigenvalue weighted by molar-refractivity contribution is 8.16. The molecule has 0 radical (unpaired) electrons. The number of para-hydroxylation sites is 1. The average Bonchev–Trinajstić information content (AvgIpc) is 3.28. The number of amidine groups is 1. The van der Waals surface area contributed by atoms with Gasteiger partial charge in [-0.3, -0.25) is 4.79 Å². The molecule has 4 rings (SSSR count). The highest BCUT2D eigenvalue weighted by Crippen LogP contribution is 2.46. The molecule has 1 N–H and O–H groups in total. The minimum atomic E-state index is -0.502. The van der Waals surface area contributed by atoms with Crippen LogP contribution in [-0.4, -0.2) is 35.6 Å². The summed E-state index contributed by atoms with van der Waals surface area (Å²) in [5.41, 5.74) is 2.78. The van der Waals surface area contributed by atoms with Gasteiger partial charge in [0.1, 0.15) is 11.5 Å². The zero-order valence-electron chi connectivity index (χ0n) is 21.0. The normalized spacial score (nSPS) is 16.9. The number of rotatable bonds is 9. The Morgan fingerprint density at radius 2 is 1.86 bits per heavy atom. The van der Waals surface area contributed by atoms with E-state index in [9.17, 15) is 9.59 Å². The van der Waals surface area contributed by atoms with Crippen molar-refractivity contribution in [1.82, 2.24) is 10.2 Å². The highest BCUT2D eigenvalue weighted by Gasteiger charge is 2.41. The van der Waals surface area contributed by atoms with E-state index >= 15 is 0 Å². The number of esters is 1. The number of hydrogen-bond acceptors (Lipinski definition) is 7. The number of benzene rings is 2. The monoisotopic (exact) mass is 505 g/mol. The molecule has 0 unspecified atom stereocenters. The molecule has 0 bridgehead atoms. The van der Waals surface area contributed by atoms with Gasteiger partial charge < -0.3 is 19.7 Å². The second-order valence-corrected chi connectivity index (χ2v) is 9.80. The number of fused-ring (bicyclic) bond motifs is 1. The lowest BCUT2D eigenvalue weighted by Gasteiger charge is -2.36. The van der Waals surface area contributed by atoms with Crippen LogP contribution in [0.1, 0.15) is 45.2 Å². The topological polar surface area (TPSA) is 80.2 Å². The van der Waals surface area contributed by atoms with Crippen molar-refractivity contribution in [3.05, 3.63) is 82.5 Å². The summed E-state index contributed by atoms with van der Waals surface area (Å²) >= 11 is 1.46. The number of nitrogens with one attached hydrogen (secondary N) is 1. The number of thioether (sulfide) groups is 1. The van der Waals surface area contributed by atoms with E-state index in [1.54, 1.807) is 0 Å². The van der Waals surface area contributed by atoms with Gasteiger partial charge in [-0.15, -0.1) is 0 Å². The fourth-order valence-corrected chi connectivity index (χ4v) is 5.08. The lowest BCUT2D eigenvalue weighted by atomic mass is 9.92. The van der Waals surface area contributed by atoms with Gasteiger partial charge >= 0.3 is 5.97 Å². The van der Waals surface area contributed by atoms with E-state index < -0.39 is 12.0 Å². The van der Waals surface area contributed by atoms with E-state index in [4.69, 9.17) is 14.5 Å². The maximum absolute atomic E-state index is 13.1. The first-order valence-electron chi connectivity index (χ1n) is 12.1. The predicted octanol–water partition coefficient (Wildman–Crippen LogP) is 5.78. The fraction of sp³-hybridized carbons (Fsp3) is 0.321. The molecule has 2 aromatic rings. The molecular weight excluding hydrogens is 474 g/mol. The van der Waals surface area contributed by atoms with Crippen LogP contribution >= 0.6 is 11.8 Å². The first-order chi connectivity index (χ1) is 17.4. The van der Waals surface area contributed by atoms with Crippen molar-refractivity contribution < 1.29 is 19.1 Å². The van der Waals surface area contributed by atoms with Gasteiger partial charge in [-0.05, 0) is 47.6 Å². The molecule has 0 spiro atoms. The van der Waals surface area contributed by atoms with Gasteiger partial charge in [-0.2, -0.15) is 0 Å². The van der Waals surface area contributed by atoms with Crippen LogP contribution in [0.4, 0.5) is 0 Å². The molecule has 7 nitrogen and oxygen atoms in total. The maximum Gasteiger partial charge on any atom is 0.338 e. The molecule has 0 aromatic heterocycles. The zero-order chi connectivity index (χ0) is 25.7. The second kappa shape index (κ2) is 11.5. The van der Waals surface area contributed by atoms with E-state index in [2.05, 4.69) is 19.2 Å². The Bertz CT molecular complexity index is 1220. The van der Waals surface area contributed by atoms with Gasteiger partial charge in [-0.25, -0.2) is 9.79 Å². The third kappa shape index (κ3) is 5.65. The van der Waals surface area contributed by atoms with Crippen LogP contribution in [-0.2, 0) is 14.3 Å². The highest BCUT2D eigenvalue weighted by atomic mass is 32.2. The zero-order valence-corrected chi connectivity index (χ0v) is 21.8. The minimum absolute atomic E-state index is 0.0680. The van der Waals surface area contributed by atoms with Crippen molar-refractivity contribution in [2.24, 2.45) is 10.9 Å². The molecule has 1 amide bonds. The van der Waals surface area contributed by atoms with Crippen molar-refractivity contribution in [3.8, 4) is 11.5 Å². The van der Waals surface area contributed by atoms with Gasteiger partial charge in [0.05, 0.1) is 30.8 Å².